The number of amides is 1. The van der Waals surface area contributed by atoms with Gasteiger partial charge >= 0.3 is 18.4 Å². The van der Waals surface area contributed by atoms with E-state index in [1.807, 2.05) is 0 Å². The number of nitrogens with zero attached hydrogens (tertiary/aromatic N) is 1. The highest BCUT2D eigenvalue weighted by atomic mass is 35.5. The number of rotatable bonds is 6. The second-order valence-electron chi connectivity index (χ2n) is 9.18. The topological polar surface area (TPSA) is 46.6 Å². The van der Waals surface area contributed by atoms with Crippen molar-refractivity contribution >= 4 is 40.7 Å². The normalized spacial score (nSPS) is 15.3. The van der Waals surface area contributed by atoms with Gasteiger partial charge in [-0.15, -0.1) is 0 Å². The number of hydrogen-bond donors (Lipinski definition) is 0. The lowest BCUT2D eigenvalue weighted by atomic mass is 9.87. The predicted octanol–water partition coefficient (Wildman–Crippen LogP) is 8.66. The first-order valence-electron chi connectivity index (χ1n) is 11.7. The Kier molecular flexibility index (Phi) is 8.42. The summed E-state index contributed by atoms with van der Waals surface area (Å²) in [6.07, 6.45) is -10.9. The summed E-state index contributed by atoms with van der Waals surface area (Å²) in [5.41, 5.74) is -5.74. The molecule has 3 aromatic carbocycles. The Hall–Kier alpha value is -3.57. The molecule has 0 atom stereocenters. The monoisotopic (exact) mass is 619 g/mol. The van der Waals surface area contributed by atoms with Crippen molar-refractivity contribution < 1.29 is 45.1 Å². The van der Waals surface area contributed by atoms with Crippen LogP contribution in [0.3, 0.4) is 0 Å². The number of ether oxygens (including phenoxy) is 1. The Bertz CT molecular complexity index is 1480. The van der Waals surface area contributed by atoms with Gasteiger partial charge in [-0.05, 0) is 34.9 Å². The van der Waals surface area contributed by atoms with Crippen LogP contribution in [0.5, 0.6) is 0 Å². The molecule has 0 radical (unpaired) electrons. The first kappa shape index (κ1) is 30.4. The van der Waals surface area contributed by atoms with Gasteiger partial charge in [-0.25, -0.2) is 9.18 Å². The van der Waals surface area contributed by atoms with Crippen LogP contribution in [0, 0.1) is 0 Å². The molecule has 1 aliphatic rings. The third-order valence-electron chi connectivity index (χ3n) is 6.26. The zero-order valence-electron chi connectivity index (χ0n) is 20.6. The van der Waals surface area contributed by atoms with Gasteiger partial charge in [0.2, 0.25) is 0 Å². The van der Waals surface area contributed by atoms with E-state index in [9.17, 15) is 35.9 Å². The number of benzene rings is 3. The summed E-state index contributed by atoms with van der Waals surface area (Å²) in [5.74, 6) is -1.20. The largest absolute Gasteiger partial charge is 0.445 e. The summed E-state index contributed by atoms with van der Waals surface area (Å²) in [7, 11) is 0. The van der Waals surface area contributed by atoms with Crippen LogP contribution in [-0.2, 0) is 23.2 Å². The van der Waals surface area contributed by atoms with Crippen LogP contribution in [-0.4, -0.2) is 36.0 Å². The number of ketones is 1. The molecule has 0 saturated carbocycles. The van der Waals surface area contributed by atoms with Gasteiger partial charge in [0.1, 0.15) is 6.61 Å². The van der Waals surface area contributed by atoms with Crippen LogP contribution in [0.15, 0.2) is 72.8 Å². The number of likely N-dealkylation sites (tertiary alicyclic amines) is 1. The molecular weight excluding hydrogens is 602 g/mol. The second kappa shape index (κ2) is 11.4. The molecule has 0 spiro atoms. The van der Waals surface area contributed by atoms with Crippen molar-refractivity contribution in [3.05, 3.63) is 111 Å². The van der Waals surface area contributed by atoms with Crippen molar-refractivity contribution in [2.24, 2.45) is 0 Å². The first-order valence-corrected chi connectivity index (χ1v) is 12.5. The first-order chi connectivity index (χ1) is 19.1. The third kappa shape index (κ3) is 6.84. The minimum Gasteiger partial charge on any atom is -0.445 e. The molecule has 0 unspecified atom stereocenters. The van der Waals surface area contributed by atoms with Gasteiger partial charge in [0, 0.05) is 5.56 Å². The fourth-order valence-corrected chi connectivity index (χ4v) is 4.54. The molecule has 0 aliphatic carbocycles. The van der Waals surface area contributed by atoms with Crippen molar-refractivity contribution in [3.8, 4) is 0 Å². The SMILES string of the molecule is O=C(/C=C(/c1cc(Cl)c(Cl)c(C(F)(F)F)c1)C(F)(F)F)c1ccc(C2(F)CN(C(=O)OCc3ccccc3)C2)cc1. The van der Waals surface area contributed by atoms with Gasteiger partial charge < -0.3 is 9.64 Å². The van der Waals surface area contributed by atoms with Crippen molar-refractivity contribution in [2.75, 3.05) is 13.1 Å². The summed E-state index contributed by atoms with van der Waals surface area (Å²) in [5, 5.41) is -1.76. The quantitative estimate of drug-likeness (QED) is 0.158. The molecule has 1 aliphatic heterocycles. The molecule has 4 rings (SSSR count). The molecule has 4 nitrogen and oxygen atoms in total. The van der Waals surface area contributed by atoms with Crippen LogP contribution in [0.4, 0.5) is 35.5 Å². The van der Waals surface area contributed by atoms with E-state index >= 15 is 4.39 Å². The van der Waals surface area contributed by atoms with E-state index in [-0.39, 0.29) is 43.0 Å². The molecule has 216 valence electrons. The molecule has 41 heavy (non-hydrogen) atoms. The number of hydrogen-bond acceptors (Lipinski definition) is 3. The van der Waals surface area contributed by atoms with E-state index in [2.05, 4.69) is 0 Å². The van der Waals surface area contributed by atoms with E-state index in [1.165, 1.54) is 12.1 Å². The highest BCUT2D eigenvalue weighted by Crippen LogP contribution is 2.43. The Morgan fingerprint density at radius 3 is 2.07 bits per heavy atom. The summed E-state index contributed by atoms with van der Waals surface area (Å²) in [6.45, 7) is -0.685. The van der Waals surface area contributed by atoms with Gasteiger partial charge in [0.05, 0.1) is 34.3 Å². The number of carbonyl (C=O) groups is 2. The van der Waals surface area contributed by atoms with Crippen LogP contribution in [0.1, 0.15) is 32.6 Å². The molecule has 1 amide bonds. The standard InChI is InChI=1S/C28H18Cl2F7NO3/c29-22-11-18(10-21(24(22)30)28(35,36)37)20(27(32,33)34)12-23(39)17-6-8-19(9-7-17)26(31)14-38(15-26)25(40)41-13-16-4-2-1-3-5-16/h1-12H,13-15H2/b20-12-. The summed E-state index contributed by atoms with van der Waals surface area (Å²) < 4.78 is 102. The van der Waals surface area contributed by atoms with Crippen LogP contribution >= 0.6 is 23.2 Å². The third-order valence-corrected chi connectivity index (χ3v) is 7.06. The number of halogens is 9. The predicted molar refractivity (Wildman–Crippen MR) is 137 cm³/mol. The van der Waals surface area contributed by atoms with Gasteiger partial charge in [-0.2, -0.15) is 26.3 Å². The summed E-state index contributed by atoms with van der Waals surface area (Å²) in [4.78, 5) is 26.0. The Balaban J connectivity index is 1.49. The minimum absolute atomic E-state index is 0.000553. The van der Waals surface area contributed by atoms with E-state index in [4.69, 9.17) is 27.9 Å². The Morgan fingerprint density at radius 1 is 0.902 bits per heavy atom. The zero-order chi connectivity index (χ0) is 30.2. The molecule has 0 aromatic heterocycles. The van der Waals surface area contributed by atoms with Gasteiger partial charge in [0.15, 0.2) is 11.5 Å². The molecule has 3 aromatic rings. The maximum absolute atomic E-state index is 15.3. The second-order valence-corrected chi connectivity index (χ2v) is 9.96. The number of allylic oxidation sites excluding steroid dienone is 2. The van der Waals surface area contributed by atoms with Gasteiger partial charge in [-0.1, -0.05) is 77.8 Å². The van der Waals surface area contributed by atoms with Crippen molar-refractivity contribution in [1.82, 2.24) is 4.90 Å². The van der Waals surface area contributed by atoms with Crippen LogP contribution in [0.2, 0.25) is 10.0 Å². The van der Waals surface area contributed by atoms with Crippen molar-refractivity contribution in [2.45, 2.75) is 24.6 Å². The van der Waals surface area contributed by atoms with Crippen molar-refractivity contribution in [1.29, 1.82) is 0 Å². The summed E-state index contributed by atoms with van der Waals surface area (Å²) in [6, 6.07) is 14.1. The lowest BCUT2D eigenvalue weighted by Gasteiger charge is -2.43. The maximum atomic E-state index is 15.3. The van der Waals surface area contributed by atoms with E-state index in [0.717, 1.165) is 22.6 Å². The fourth-order valence-electron chi connectivity index (χ4n) is 4.11. The highest BCUT2D eigenvalue weighted by Gasteiger charge is 2.48. The summed E-state index contributed by atoms with van der Waals surface area (Å²) >= 11 is 11.2. The molecule has 0 bridgehead atoms. The van der Waals surface area contributed by atoms with Gasteiger partial charge in [0.25, 0.3) is 0 Å². The van der Waals surface area contributed by atoms with E-state index in [0.29, 0.717) is 6.07 Å². The average molecular weight is 620 g/mol. The molecule has 0 N–H and O–H groups in total. The molecule has 1 heterocycles. The Labute approximate surface area is 238 Å². The lowest BCUT2D eigenvalue weighted by Crippen LogP contribution is -2.58. The fraction of sp³-hybridized carbons (Fsp3) is 0.214. The van der Waals surface area contributed by atoms with Crippen molar-refractivity contribution in [3.63, 3.8) is 0 Å². The lowest BCUT2D eigenvalue weighted by molar-refractivity contribution is -0.137. The molecule has 1 fully saturated rings. The highest BCUT2D eigenvalue weighted by molar-refractivity contribution is 6.42. The van der Waals surface area contributed by atoms with Gasteiger partial charge in [-0.3, -0.25) is 4.79 Å². The van der Waals surface area contributed by atoms with E-state index < -0.39 is 56.6 Å². The molecular formula is C28H18Cl2F7NO3. The maximum Gasteiger partial charge on any atom is 0.417 e. The number of carbonyl (C=O) groups excluding carboxylic acids is 2. The molecule has 13 heteroatoms. The molecule has 1 saturated heterocycles. The van der Waals surface area contributed by atoms with Crippen LogP contribution < -0.4 is 0 Å². The minimum atomic E-state index is -5.23. The average Bonchev–Trinajstić information content (AvgIpc) is 2.89. The van der Waals surface area contributed by atoms with Crippen LogP contribution in [0.25, 0.3) is 5.57 Å². The number of alkyl halides is 7. The zero-order valence-corrected chi connectivity index (χ0v) is 22.1. The van der Waals surface area contributed by atoms with E-state index in [1.54, 1.807) is 30.3 Å². The Morgan fingerprint density at radius 2 is 1.51 bits per heavy atom. The smallest absolute Gasteiger partial charge is 0.417 e.